The van der Waals surface area contributed by atoms with E-state index in [4.69, 9.17) is 0 Å². The van der Waals surface area contributed by atoms with Gasteiger partial charge in [0, 0.05) is 16.6 Å². The number of carbonyl (C=O) groups excluding carboxylic acids is 1. The molecule has 0 radical (unpaired) electrons. The zero-order chi connectivity index (χ0) is 15.4. The fourth-order valence-electron chi connectivity index (χ4n) is 2.51. The molecule has 3 nitrogen and oxygen atoms in total. The molecule has 0 aliphatic carbocycles. The zero-order valence-corrected chi connectivity index (χ0v) is 14.2. The van der Waals surface area contributed by atoms with E-state index in [1.54, 1.807) is 24.0 Å². The Hall–Kier alpha value is -1.03. The van der Waals surface area contributed by atoms with Crippen molar-refractivity contribution in [2.75, 3.05) is 5.75 Å². The second-order valence-electron chi connectivity index (χ2n) is 6.89. The normalized spacial score (nSPS) is 12.3. The van der Waals surface area contributed by atoms with Gasteiger partial charge in [0.1, 0.15) is 5.69 Å². The van der Waals surface area contributed by atoms with Gasteiger partial charge >= 0.3 is 0 Å². The highest BCUT2D eigenvalue weighted by Crippen LogP contribution is 2.27. The van der Waals surface area contributed by atoms with Crippen LogP contribution in [0.5, 0.6) is 0 Å². The molecule has 20 heavy (non-hydrogen) atoms. The van der Waals surface area contributed by atoms with Crippen molar-refractivity contribution in [3.63, 3.8) is 0 Å². The van der Waals surface area contributed by atoms with Gasteiger partial charge in [-0.3, -0.25) is 4.79 Å². The van der Waals surface area contributed by atoms with E-state index in [9.17, 15) is 4.79 Å². The fourth-order valence-corrected chi connectivity index (χ4v) is 3.13. The van der Waals surface area contributed by atoms with Crippen LogP contribution < -0.4 is 5.32 Å². The van der Waals surface area contributed by atoms with Crippen molar-refractivity contribution in [2.24, 2.45) is 5.41 Å². The molecule has 0 saturated heterocycles. The molecule has 4 heteroatoms. The molecule has 112 valence electrons. The molecule has 1 N–H and O–H groups in total. The Labute approximate surface area is 126 Å². The van der Waals surface area contributed by atoms with E-state index in [1.807, 2.05) is 6.07 Å². The predicted molar refractivity (Wildman–Crippen MR) is 86.3 cm³/mol. The van der Waals surface area contributed by atoms with Gasteiger partial charge in [0.05, 0.1) is 0 Å². The largest absolute Gasteiger partial charge is 0.346 e. The first-order valence-corrected chi connectivity index (χ1v) is 8.03. The van der Waals surface area contributed by atoms with Crippen molar-refractivity contribution in [2.45, 2.75) is 58.4 Å². The summed E-state index contributed by atoms with van der Waals surface area (Å²) in [5, 5.41) is 3.07. The van der Waals surface area contributed by atoms with Gasteiger partial charge in [-0.2, -0.15) is 0 Å². The number of pyridine rings is 1. The first-order valence-electron chi connectivity index (χ1n) is 7.04. The van der Waals surface area contributed by atoms with Crippen molar-refractivity contribution in [3.05, 3.63) is 24.0 Å². The summed E-state index contributed by atoms with van der Waals surface area (Å²) in [6.07, 6.45) is 2.68. The molecule has 0 aliphatic rings. The summed E-state index contributed by atoms with van der Waals surface area (Å²) in [6.45, 7) is 12.7. The smallest absolute Gasteiger partial charge is 0.270 e. The van der Waals surface area contributed by atoms with Gasteiger partial charge < -0.3 is 5.32 Å². The van der Waals surface area contributed by atoms with E-state index >= 15 is 0 Å². The summed E-state index contributed by atoms with van der Waals surface area (Å²) in [4.78, 5) is 17.6. The zero-order valence-electron chi connectivity index (χ0n) is 13.4. The lowest BCUT2D eigenvalue weighted by Crippen LogP contribution is -2.46. The third-order valence-corrected chi connectivity index (χ3v) is 3.57. The van der Waals surface area contributed by atoms with Crippen LogP contribution in [-0.2, 0) is 0 Å². The molecule has 0 aliphatic heterocycles. The molecule has 0 saturated carbocycles. The molecule has 0 fully saturated rings. The molecule has 1 rings (SSSR count). The van der Waals surface area contributed by atoms with Gasteiger partial charge in [-0.25, -0.2) is 4.98 Å². The van der Waals surface area contributed by atoms with Crippen LogP contribution in [0.25, 0.3) is 0 Å². The third-order valence-electron chi connectivity index (χ3n) is 2.70. The first kappa shape index (κ1) is 17.0. The molecule has 0 atom stereocenters. The predicted octanol–water partition coefficient (Wildman–Crippen LogP) is 4.14. The molecule has 0 unspecified atom stereocenters. The van der Waals surface area contributed by atoms with Gasteiger partial charge in [0.2, 0.25) is 0 Å². The van der Waals surface area contributed by atoms with Crippen LogP contribution in [0, 0.1) is 5.41 Å². The third kappa shape index (κ3) is 5.95. The Balaban J connectivity index is 2.70. The van der Waals surface area contributed by atoms with Crippen molar-refractivity contribution in [1.82, 2.24) is 10.3 Å². The molecule has 1 aromatic heterocycles. The van der Waals surface area contributed by atoms with Gasteiger partial charge in [0.25, 0.3) is 5.91 Å². The summed E-state index contributed by atoms with van der Waals surface area (Å²) in [5.74, 6) is 0.901. The Kier molecular flexibility index (Phi) is 5.63. The van der Waals surface area contributed by atoms with Crippen LogP contribution in [0.15, 0.2) is 23.2 Å². The highest BCUT2D eigenvalue weighted by molar-refractivity contribution is 7.99. The molecular formula is C16H26N2OS. The van der Waals surface area contributed by atoms with Gasteiger partial charge in [-0.05, 0) is 43.6 Å². The summed E-state index contributed by atoms with van der Waals surface area (Å²) in [5.41, 5.74) is 0.409. The number of nitrogens with one attached hydrogen (secondary N) is 1. The summed E-state index contributed by atoms with van der Waals surface area (Å²) < 4.78 is 0. The van der Waals surface area contributed by atoms with Gasteiger partial charge in [-0.1, -0.05) is 27.7 Å². The Morgan fingerprint density at radius 1 is 1.25 bits per heavy atom. The molecule has 0 spiro atoms. The quantitative estimate of drug-likeness (QED) is 0.830. The maximum Gasteiger partial charge on any atom is 0.270 e. The number of aromatic nitrogens is 1. The van der Waals surface area contributed by atoms with E-state index in [-0.39, 0.29) is 16.9 Å². The Morgan fingerprint density at radius 3 is 2.35 bits per heavy atom. The van der Waals surface area contributed by atoms with Crippen molar-refractivity contribution >= 4 is 17.7 Å². The standard InChI is InChI=1S/C16H26N2OS/c1-7-20-12-8-9-13(17-10-12)14(19)18-16(5,6)11-15(2,3)4/h8-10H,7,11H2,1-6H3,(H,18,19). The number of carbonyl (C=O) groups is 1. The maximum absolute atomic E-state index is 12.2. The number of thioether (sulfide) groups is 1. The van der Waals surface area contributed by atoms with Crippen LogP contribution in [0.1, 0.15) is 58.5 Å². The topological polar surface area (TPSA) is 42.0 Å². The van der Waals surface area contributed by atoms with Crippen LogP contribution in [0.3, 0.4) is 0 Å². The van der Waals surface area contributed by atoms with E-state index in [1.165, 1.54) is 0 Å². The average Bonchev–Trinajstić information content (AvgIpc) is 2.26. The number of hydrogen-bond donors (Lipinski definition) is 1. The molecular weight excluding hydrogens is 268 g/mol. The minimum absolute atomic E-state index is 0.104. The van der Waals surface area contributed by atoms with E-state index in [0.29, 0.717) is 5.69 Å². The van der Waals surface area contributed by atoms with E-state index in [0.717, 1.165) is 17.1 Å². The molecule has 1 aromatic rings. The molecule has 1 heterocycles. The average molecular weight is 294 g/mol. The SMILES string of the molecule is CCSc1ccc(C(=O)NC(C)(C)CC(C)(C)C)nc1. The summed E-state index contributed by atoms with van der Waals surface area (Å²) in [6, 6.07) is 3.74. The maximum atomic E-state index is 12.2. The second kappa shape index (κ2) is 6.61. The lowest BCUT2D eigenvalue weighted by molar-refractivity contribution is 0.0886. The van der Waals surface area contributed by atoms with Crippen LogP contribution in [0.4, 0.5) is 0 Å². The Morgan fingerprint density at radius 2 is 1.90 bits per heavy atom. The van der Waals surface area contributed by atoms with E-state index in [2.05, 4.69) is 51.8 Å². The summed E-state index contributed by atoms with van der Waals surface area (Å²) >= 11 is 1.72. The number of nitrogens with zero attached hydrogens (tertiary/aromatic N) is 1. The number of hydrogen-bond acceptors (Lipinski definition) is 3. The summed E-state index contributed by atoms with van der Waals surface area (Å²) in [7, 11) is 0. The fraction of sp³-hybridized carbons (Fsp3) is 0.625. The number of amides is 1. The molecule has 1 amide bonds. The Bertz CT molecular complexity index is 447. The van der Waals surface area contributed by atoms with Crippen molar-refractivity contribution in [1.29, 1.82) is 0 Å². The molecule has 0 bridgehead atoms. The number of rotatable bonds is 5. The van der Waals surface area contributed by atoms with Crippen LogP contribution >= 0.6 is 11.8 Å². The van der Waals surface area contributed by atoms with Crippen LogP contribution in [0.2, 0.25) is 0 Å². The minimum Gasteiger partial charge on any atom is -0.346 e. The lowest BCUT2D eigenvalue weighted by Gasteiger charge is -2.33. The van der Waals surface area contributed by atoms with E-state index < -0.39 is 0 Å². The highest BCUT2D eigenvalue weighted by Gasteiger charge is 2.27. The monoisotopic (exact) mass is 294 g/mol. The van der Waals surface area contributed by atoms with Crippen molar-refractivity contribution < 1.29 is 4.79 Å². The highest BCUT2D eigenvalue weighted by atomic mass is 32.2. The lowest BCUT2D eigenvalue weighted by atomic mass is 9.82. The van der Waals surface area contributed by atoms with Gasteiger partial charge in [0.15, 0.2) is 0 Å². The van der Waals surface area contributed by atoms with Crippen molar-refractivity contribution in [3.8, 4) is 0 Å². The minimum atomic E-state index is -0.242. The first-order chi connectivity index (χ1) is 9.13. The van der Waals surface area contributed by atoms with Gasteiger partial charge in [-0.15, -0.1) is 11.8 Å². The van der Waals surface area contributed by atoms with Crippen LogP contribution in [-0.4, -0.2) is 22.2 Å². The molecule has 0 aromatic carbocycles. The second-order valence-corrected chi connectivity index (χ2v) is 8.23.